The van der Waals surface area contributed by atoms with Gasteiger partial charge < -0.3 is 10.1 Å². The maximum Gasteiger partial charge on any atom is 0.121 e. The van der Waals surface area contributed by atoms with Gasteiger partial charge in [-0.1, -0.05) is 12.5 Å². The summed E-state index contributed by atoms with van der Waals surface area (Å²) in [5.74, 6) is 2.32. The van der Waals surface area contributed by atoms with Crippen LogP contribution in [0.15, 0.2) is 18.2 Å². The molecule has 0 aromatic heterocycles. The lowest BCUT2D eigenvalue weighted by molar-refractivity contribution is 0.309. The lowest BCUT2D eigenvalue weighted by atomic mass is 10.1. The highest BCUT2D eigenvalue weighted by molar-refractivity contribution is 7.99. The van der Waals surface area contributed by atoms with Crippen LogP contribution in [0, 0.1) is 0 Å². The van der Waals surface area contributed by atoms with E-state index >= 15 is 0 Å². The Bertz CT molecular complexity index is 388. The van der Waals surface area contributed by atoms with E-state index in [0.29, 0.717) is 5.25 Å². The van der Waals surface area contributed by atoms with E-state index in [9.17, 15) is 0 Å². The van der Waals surface area contributed by atoms with Gasteiger partial charge >= 0.3 is 0 Å². The third-order valence-electron chi connectivity index (χ3n) is 3.50. The largest absolute Gasteiger partial charge is 0.492 e. The first-order valence-corrected chi connectivity index (χ1v) is 7.58. The second-order valence-electron chi connectivity index (χ2n) is 4.80. The molecule has 92 valence electrons. The van der Waals surface area contributed by atoms with Crippen molar-refractivity contribution < 1.29 is 4.74 Å². The Labute approximate surface area is 107 Å². The highest BCUT2D eigenvalue weighted by Gasteiger charge is 2.15. The topological polar surface area (TPSA) is 21.3 Å². The normalized spacial score (nSPS) is 22.9. The number of rotatable bonds is 3. The number of anilines is 1. The lowest BCUT2D eigenvalue weighted by Gasteiger charge is -2.21. The van der Waals surface area contributed by atoms with Gasteiger partial charge in [-0.2, -0.15) is 11.8 Å². The first-order valence-electron chi connectivity index (χ1n) is 6.53. The second kappa shape index (κ2) is 5.21. The Morgan fingerprint density at radius 2 is 2.35 bits per heavy atom. The van der Waals surface area contributed by atoms with Crippen LogP contribution in [0.5, 0.6) is 5.75 Å². The van der Waals surface area contributed by atoms with E-state index in [1.54, 1.807) is 0 Å². The summed E-state index contributed by atoms with van der Waals surface area (Å²) in [4.78, 5) is 0. The van der Waals surface area contributed by atoms with Crippen molar-refractivity contribution in [3.63, 3.8) is 0 Å². The van der Waals surface area contributed by atoms with Crippen LogP contribution < -0.4 is 10.1 Å². The van der Waals surface area contributed by atoms with Crippen LogP contribution in [0.2, 0.25) is 0 Å². The quantitative estimate of drug-likeness (QED) is 0.888. The van der Waals surface area contributed by atoms with Crippen molar-refractivity contribution in [1.29, 1.82) is 0 Å². The predicted octanol–water partition coefficient (Wildman–Crippen LogP) is 3.32. The fraction of sp³-hybridized carbons (Fsp3) is 0.571. The fourth-order valence-electron chi connectivity index (χ4n) is 2.49. The van der Waals surface area contributed by atoms with Crippen molar-refractivity contribution >= 4 is 17.4 Å². The number of hydrogen-bond acceptors (Lipinski definition) is 3. The molecule has 3 rings (SSSR count). The molecule has 0 aliphatic carbocycles. The molecule has 1 atom stereocenters. The van der Waals surface area contributed by atoms with Crippen molar-refractivity contribution in [1.82, 2.24) is 0 Å². The van der Waals surface area contributed by atoms with Crippen LogP contribution in [0.1, 0.15) is 24.8 Å². The molecule has 1 unspecified atom stereocenters. The van der Waals surface area contributed by atoms with Gasteiger partial charge in [0, 0.05) is 23.5 Å². The molecule has 0 amide bonds. The van der Waals surface area contributed by atoms with Gasteiger partial charge in [-0.15, -0.1) is 0 Å². The Morgan fingerprint density at radius 3 is 3.24 bits per heavy atom. The summed E-state index contributed by atoms with van der Waals surface area (Å²) >= 11 is 2.07. The van der Waals surface area contributed by atoms with Gasteiger partial charge in [0.15, 0.2) is 0 Å². The van der Waals surface area contributed by atoms with Crippen LogP contribution in [0.3, 0.4) is 0 Å². The number of ether oxygens (including phenoxy) is 1. The Hall–Kier alpha value is -0.830. The van der Waals surface area contributed by atoms with Crippen molar-refractivity contribution in [3.05, 3.63) is 23.8 Å². The molecule has 0 bridgehead atoms. The summed E-state index contributed by atoms with van der Waals surface area (Å²) in [7, 11) is 0. The van der Waals surface area contributed by atoms with Crippen LogP contribution in [-0.4, -0.2) is 24.2 Å². The Morgan fingerprint density at radius 1 is 1.35 bits per heavy atom. The molecule has 0 spiro atoms. The lowest BCUT2D eigenvalue weighted by Crippen LogP contribution is -2.18. The zero-order chi connectivity index (χ0) is 11.5. The standard InChI is InChI=1S/C14H19NOS/c1-2-8-17-13(3-1)10-16-12-5-4-11-6-7-15-14(11)9-12/h4-5,9,13,15H,1-3,6-8,10H2. The monoisotopic (exact) mass is 249 g/mol. The molecule has 1 aromatic carbocycles. The summed E-state index contributed by atoms with van der Waals surface area (Å²) in [5.41, 5.74) is 2.68. The number of fused-ring (bicyclic) bond motifs is 1. The van der Waals surface area contributed by atoms with Crippen LogP contribution in [0.4, 0.5) is 5.69 Å². The minimum Gasteiger partial charge on any atom is -0.492 e. The van der Waals surface area contributed by atoms with Crippen LogP contribution in [-0.2, 0) is 6.42 Å². The van der Waals surface area contributed by atoms with Gasteiger partial charge in [-0.25, -0.2) is 0 Å². The average Bonchev–Trinajstić information content (AvgIpc) is 2.85. The third kappa shape index (κ3) is 2.71. The summed E-state index contributed by atoms with van der Waals surface area (Å²) in [6.07, 6.45) is 5.21. The van der Waals surface area contributed by atoms with Crippen LogP contribution >= 0.6 is 11.8 Å². The molecule has 2 heterocycles. The minimum absolute atomic E-state index is 0.699. The van der Waals surface area contributed by atoms with Crippen molar-refractivity contribution in [2.45, 2.75) is 30.9 Å². The molecule has 2 aliphatic rings. The first-order chi connectivity index (χ1) is 8.42. The summed E-state index contributed by atoms with van der Waals surface area (Å²) in [5, 5.41) is 4.09. The smallest absolute Gasteiger partial charge is 0.121 e. The molecular formula is C14H19NOS. The molecule has 17 heavy (non-hydrogen) atoms. The van der Waals surface area contributed by atoms with E-state index in [1.807, 2.05) is 0 Å². The van der Waals surface area contributed by atoms with E-state index < -0.39 is 0 Å². The number of nitrogens with one attached hydrogen (secondary N) is 1. The van der Waals surface area contributed by atoms with E-state index in [2.05, 4.69) is 35.3 Å². The molecule has 3 heteroatoms. The maximum absolute atomic E-state index is 5.91. The number of hydrogen-bond donors (Lipinski definition) is 1. The summed E-state index contributed by atoms with van der Waals surface area (Å²) in [6, 6.07) is 6.45. The molecule has 2 nitrogen and oxygen atoms in total. The average molecular weight is 249 g/mol. The zero-order valence-electron chi connectivity index (χ0n) is 10.1. The van der Waals surface area contributed by atoms with Crippen molar-refractivity contribution in [3.8, 4) is 5.75 Å². The van der Waals surface area contributed by atoms with Crippen molar-refractivity contribution in [2.24, 2.45) is 0 Å². The summed E-state index contributed by atoms with van der Waals surface area (Å²) in [6.45, 7) is 1.93. The molecule has 0 saturated carbocycles. The molecule has 0 radical (unpaired) electrons. The molecule has 1 aromatic rings. The minimum atomic E-state index is 0.699. The fourth-order valence-corrected chi connectivity index (χ4v) is 3.69. The van der Waals surface area contributed by atoms with Crippen LogP contribution in [0.25, 0.3) is 0 Å². The molecule has 1 N–H and O–H groups in total. The van der Waals surface area contributed by atoms with Gasteiger partial charge in [-0.3, -0.25) is 0 Å². The SMILES string of the molecule is c1cc2c(cc1OCC1CCCCS1)NCC2. The second-order valence-corrected chi connectivity index (χ2v) is 6.20. The number of benzene rings is 1. The van der Waals surface area contributed by atoms with E-state index in [-0.39, 0.29) is 0 Å². The molecule has 1 saturated heterocycles. The zero-order valence-corrected chi connectivity index (χ0v) is 10.9. The van der Waals surface area contributed by atoms with E-state index in [4.69, 9.17) is 4.74 Å². The highest BCUT2D eigenvalue weighted by atomic mass is 32.2. The maximum atomic E-state index is 5.91. The first kappa shape index (κ1) is 11.3. The predicted molar refractivity (Wildman–Crippen MR) is 74.2 cm³/mol. The summed E-state index contributed by atoms with van der Waals surface area (Å²) < 4.78 is 5.91. The van der Waals surface area contributed by atoms with Gasteiger partial charge in [0.25, 0.3) is 0 Å². The molecule has 1 fully saturated rings. The van der Waals surface area contributed by atoms with Gasteiger partial charge in [-0.05, 0) is 36.6 Å². The van der Waals surface area contributed by atoms with E-state index in [0.717, 1.165) is 25.3 Å². The molecule has 2 aliphatic heterocycles. The third-order valence-corrected chi connectivity index (χ3v) is 4.87. The Balaban J connectivity index is 1.57. The van der Waals surface area contributed by atoms with E-state index in [1.165, 1.54) is 36.3 Å². The number of thioether (sulfide) groups is 1. The van der Waals surface area contributed by atoms with Crippen molar-refractivity contribution in [2.75, 3.05) is 24.2 Å². The van der Waals surface area contributed by atoms with Gasteiger partial charge in [0.1, 0.15) is 12.4 Å². The Kier molecular flexibility index (Phi) is 3.46. The molecular weight excluding hydrogens is 230 g/mol. The van der Waals surface area contributed by atoms with Gasteiger partial charge in [0.05, 0.1) is 0 Å². The van der Waals surface area contributed by atoms with Gasteiger partial charge in [0.2, 0.25) is 0 Å². The highest BCUT2D eigenvalue weighted by Crippen LogP contribution is 2.29.